The normalized spacial score (nSPS) is 21.5. The monoisotopic (exact) mass is 304 g/mol. The molecule has 20 heavy (non-hydrogen) atoms. The van der Waals surface area contributed by atoms with Crippen molar-refractivity contribution >= 4 is 10.1 Å². The van der Waals surface area contributed by atoms with E-state index < -0.39 is 21.2 Å². The second kappa shape index (κ2) is 7.36. The Labute approximate surface area is 121 Å². The number of hydrogen-bond donors (Lipinski definition) is 0. The van der Waals surface area contributed by atoms with Gasteiger partial charge in [0.2, 0.25) is 0 Å². The molecule has 116 valence electrons. The predicted molar refractivity (Wildman–Crippen MR) is 77.8 cm³/mol. The number of hydrogen-bond acceptors (Lipinski definition) is 5. The first-order valence-corrected chi connectivity index (χ1v) is 8.23. The van der Waals surface area contributed by atoms with Crippen LogP contribution in [0.4, 0.5) is 0 Å². The molecule has 0 aromatic rings. The highest BCUT2D eigenvalue weighted by atomic mass is 32.2. The molecular formula is C14H24O5S. The molecule has 0 radical (unpaired) electrons. The van der Waals surface area contributed by atoms with E-state index in [2.05, 4.69) is 0 Å². The van der Waals surface area contributed by atoms with Gasteiger partial charge in [0.15, 0.2) is 5.79 Å². The Morgan fingerprint density at radius 1 is 1.40 bits per heavy atom. The second-order valence-corrected chi connectivity index (χ2v) is 6.96. The third kappa shape index (κ3) is 5.36. The van der Waals surface area contributed by atoms with Crippen molar-refractivity contribution in [2.24, 2.45) is 0 Å². The molecule has 1 saturated heterocycles. The maximum Gasteiger partial charge on any atom is 0.273 e. The van der Waals surface area contributed by atoms with Crippen LogP contribution in [-0.4, -0.2) is 39.3 Å². The van der Waals surface area contributed by atoms with Gasteiger partial charge < -0.3 is 9.47 Å². The molecule has 0 saturated carbocycles. The Hall–Kier alpha value is -0.690. The second-order valence-electron chi connectivity index (χ2n) is 4.99. The summed E-state index contributed by atoms with van der Waals surface area (Å²) in [6.07, 6.45) is 5.69. The highest BCUT2D eigenvalue weighted by Crippen LogP contribution is 2.23. The summed E-state index contributed by atoms with van der Waals surface area (Å²) in [6, 6.07) is 0. The van der Waals surface area contributed by atoms with Gasteiger partial charge in [-0.2, -0.15) is 8.42 Å². The summed E-state index contributed by atoms with van der Waals surface area (Å²) in [4.78, 5) is 0. The molecule has 0 aliphatic carbocycles. The summed E-state index contributed by atoms with van der Waals surface area (Å²) in [5.74, 6) is -0.726. The zero-order valence-corrected chi connectivity index (χ0v) is 13.4. The van der Waals surface area contributed by atoms with Crippen molar-refractivity contribution in [3.8, 4) is 0 Å². The summed E-state index contributed by atoms with van der Waals surface area (Å²) in [7, 11) is -3.61. The topological polar surface area (TPSA) is 61.8 Å². The predicted octanol–water partition coefficient (Wildman–Crippen LogP) is 2.40. The van der Waals surface area contributed by atoms with Crippen LogP contribution in [0.3, 0.4) is 0 Å². The lowest BCUT2D eigenvalue weighted by Gasteiger charge is -2.22. The van der Waals surface area contributed by atoms with Gasteiger partial charge in [-0.3, -0.25) is 4.18 Å². The lowest BCUT2D eigenvalue weighted by Crippen LogP contribution is -2.29. The van der Waals surface area contributed by atoms with Gasteiger partial charge in [0.1, 0.15) is 5.25 Å². The van der Waals surface area contributed by atoms with E-state index >= 15 is 0 Å². The van der Waals surface area contributed by atoms with Crippen LogP contribution in [-0.2, 0) is 23.8 Å². The maximum atomic E-state index is 11.9. The molecule has 6 heteroatoms. The molecule has 0 bridgehead atoms. The first-order valence-electron chi connectivity index (χ1n) is 6.76. The van der Waals surface area contributed by atoms with E-state index in [1.807, 2.05) is 19.9 Å². The molecule has 1 unspecified atom stereocenters. The molecule has 1 rings (SSSR count). The van der Waals surface area contributed by atoms with Crippen LogP contribution in [0.25, 0.3) is 0 Å². The lowest BCUT2D eigenvalue weighted by molar-refractivity contribution is -0.150. The Kier molecular flexibility index (Phi) is 6.39. The van der Waals surface area contributed by atoms with Crippen molar-refractivity contribution in [3.63, 3.8) is 0 Å². The van der Waals surface area contributed by atoms with E-state index in [1.54, 1.807) is 26.0 Å². The van der Waals surface area contributed by atoms with Crippen molar-refractivity contribution in [3.05, 3.63) is 23.8 Å². The van der Waals surface area contributed by atoms with Gasteiger partial charge in [-0.25, -0.2) is 0 Å². The average molecular weight is 304 g/mol. The fraction of sp³-hybridized carbons (Fsp3) is 0.714. The van der Waals surface area contributed by atoms with E-state index in [1.165, 1.54) is 0 Å². The van der Waals surface area contributed by atoms with Gasteiger partial charge in [-0.1, -0.05) is 23.8 Å². The largest absolute Gasteiger partial charge is 0.348 e. The lowest BCUT2D eigenvalue weighted by atomic mass is 10.2. The van der Waals surface area contributed by atoms with Crippen molar-refractivity contribution in [1.82, 2.24) is 0 Å². The molecule has 1 atom stereocenters. The highest BCUT2D eigenvalue weighted by molar-refractivity contribution is 7.87. The Morgan fingerprint density at radius 3 is 2.55 bits per heavy atom. The third-order valence-electron chi connectivity index (χ3n) is 3.24. The molecule has 1 heterocycles. The average Bonchev–Trinajstić information content (AvgIpc) is 2.82. The summed E-state index contributed by atoms with van der Waals surface area (Å²) >= 11 is 0. The molecule has 0 spiro atoms. The van der Waals surface area contributed by atoms with Crippen molar-refractivity contribution in [2.45, 2.75) is 45.2 Å². The molecule has 0 aromatic carbocycles. The molecule has 1 aliphatic rings. The van der Waals surface area contributed by atoms with Crippen LogP contribution >= 0.6 is 0 Å². The van der Waals surface area contributed by atoms with Crippen LogP contribution in [0.5, 0.6) is 0 Å². The molecule has 5 nitrogen and oxygen atoms in total. The zero-order valence-electron chi connectivity index (χ0n) is 12.6. The molecule has 0 amide bonds. The Morgan fingerprint density at radius 2 is 2.00 bits per heavy atom. The van der Waals surface area contributed by atoms with Gasteiger partial charge >= 0.3 is 0 Å². The Balaban J connectivity index is 2.46. The summed E-state index contributed by atoms with van der Waals surface area (Å²) < 4.78 is 39.7. The van der Waals surface area contributed by atoms with E-state index in [-0.39, 0.29) is 6.61 Å². The van der Waals surface area contributed by atoms with Crippen molar-refractivity contribution < 1.29 is 22.1 Å². The van der Waals surface area contributed by atoms with Gasteiger partial charge in [0, 0.05) is 6.42 Å². The third-order valence-corrected chi connectivity index (χ3v) is 4.81. The molecule has 1 fully saturated rings. The number of rotatable bonds is 7. The smallest absolute Gasteiger partial charge is 0.273 e. The first-order chi connectivity index (χ1) is 9.29. The number of ether oxygens (including phenoxy) is 2. The minimum Gasteiger partial charge on any atom is -0.348 e. The fourth-order valence-electron chi connectivity index (χ4n) is 1.63. The fourth-order valence-corrected chi connectivity index (χ4v) is 2.43. The zero-order chi connectivity index (χ0) is 15.2. The van der Waals surface area contributed by atoms with Crippen LogP contribution in [0.15, 0.2) is 23.8 Å². The van der Waals surface area contributed by atoms with Crippen LogP contribution in [0, 0.1) is 0 Å². The number of allylic oxidation sites excluding steroid dienone is 3. The van der Waals surface area contributed by atoms with E-state index in [4.69, 9.17) is 13.7 Å². The maximum absolute atomic E-state index is 11.9. The summed E-state index contributed by atoms with van der Waals surface area (Å²) in [5, 5.41) is -0.685. The SMILES string of the molecule is C/C=C(C)\C=C/C(C)S(=O)(=O)OCCC1(C)OCCO1. The molecule has 0 aromatic heterocycles. The molecular weight excluding hydrogens is 280 g/mol. The van der Waals surface area contributed by atoms with Crippen LogP contribution in [0.2, 0.25) is 0 Å². The van der Waals surface area contributed by atoms with E-state index in [9.17, 15) is 8.42 Å². The van der Waals surface area contributed by atoms with Gasteiger partial charge in [-0.15, -0.1) is 0 Å². The standard InChI is InChI=1S/C14H24O5S/c1-5-12(2)6-7-13(3)20(15,16)19-9-8-14(4)17-10-11-18-14/h5-7,13H,8-11H2,1-4H3/b7-6-,12-5-. The summed E-state index contributed by atoms with van der Waals surface area (Å²) in [5.41, 5.74) is 1.01. The minimum absolute atomic E-state index is 0.0552. The summed E-state index contributed by atoms with van der Waals surface area (Å²) in [6.45, 7) is 8.31. The van der Waals surface area contributed by atoms with Crippen LogP contribution < -0.4 is 0 Å². The highest BCUT2D eigenvalue weighted by Gasteiger charge is 2.31. The van der Waals surface area contributed by atoms with Crippen LogP contribution in [0.1, 0.15) is 34.1 Å². The van der Waals surface area contributed by atoms with Gasteiger partial charge in [0.25, 0.3) is 10.1 Å². The van der Waals surface area contributed by atoms with Gasteiger partial charge in [-0.05, 0) is 27.7 Å². The minimum atomic E-state index is -3.61. The first kappa shape index (κ1) is 17.4. The van der Waals surface area contributed by atoms with Crippen molar-refractivity contribution in [1.29, 1.82) is 0 Å². The molecule has 1 aliphatic heterocycles. The Bertz CT molecular complexity index is 458. The van der Waals surface area contributed by atoms with Crippen molar-refractivity contribution in [2.75, 3.05) is 19.8 Å². The molecule has 0 N–H and O–H groups in total. The van der Waals surface area contributed by atoms with E-state index in [0.717, 1.165) is 5.57 Å². The van der Waals surface area contributed by atoms with Gasteiger partial charge in [0.05, 0.1) is 19.8 Å². The van der Waals surface area contributed by atoms with E-state index in [0.29, 0.717) is 19.6 Å². The quantitative estimate of drug-likeness (QED) is 0.534.